The fraction of sp³-hybridized carbons (Fsp3) is 0.545. The molecule has 1 aliphatic carbocycles. The van der Waals surface area contributed by atoms with Crippen LogP contribution in [0.2, 0.25) is 0 Å². The number of hydrogen-bond donors (Lipinski definition) is 0. The van der Waals surface area contributed by atoms with Gasteiger partial charge in [0.05, 0.1) is 12.7 Å². The van der Waals surface area contributed by atoms with Crippen LogP contribution in [0.3, 0.4) is 0 Å². The van der Waals surface area contributed by atoms with Crippen molar-refractivity contribution in [2.24, 2.45) is 5.92 Å². The average Bonchev–Trinajstić information content (AvgIpc) is 2.17. The van der Waals surface area contributed by atoms with Gasteiger partial charge in [0, 0.05) is 5.92 Å². The molecule has 0 radical (unpaired) electrons. The number of hydrogen-bond acceptors (Lipinski definition) is 2. The molecule has 1 aliphatic heterocycles. The fourth-order valence-electron chi connectivity index (χ4n) is 2.06. The van der Waals surface area contributed by atoms with Crippen LogP contribution in [0.4, 0.5) is 0 Å². The molecule has 13 heavy (non-hydrogen) atoms. The largest absolute Gasteiger partial charge is 0.369 e. The van der Waals surface area contributed by atoms with Crippen molar-refractivity contribution in [2.75, 3.05) is 6.61 Å². The smallest absolute Gasteiger partial charge is 0.135 e. The Labute approximate surface area is 78.3 Å². The first kappa shape index (κ1) is 8.70. The van der Waals surface area contributed by atoms with Crippen LogP contribution in [-0.2, 0) is 9.53 Å². The van der Waals surface area contributed by atoms with Crippen LogP contribution >= 0.6 is 0 Å². The Hall–Kier alpha value is -0.890. The Morgan fingerprint density at radius 1 is 1.62 bits per heavy atom. The van der Waals surface area contributed by atoms with E-state index in [1.807, 2.05) is 6.08 Å². The quantitative estimate of drug-likeness (QED) is 0.612. The Morgan fingerprint density at radius 3 is 3.23 bits per heavy atom. The van der Waals surface area contributed by atoms with Gasteiger partial charge in [-0.05, 0) is 25.3 Å². The molecular weight excluding hydrogens is 164 g/mol. The van der Waals surface area contributed by atoms with Crippen LogP contribution in [0, 0.1) is 5.92 Å². The predicted octanol–water partition coefficient (Wildman–Crippen LogP) is 1.87. The van der Waals surface area contributed by atoms with E-state index in [1.54, 1.807) is 6.92 Å². The first-order chi connectivity index (χ1) is 6.29. The van der Waals surface area contributed by atoms with Gasteiger partial charge < -0.3 is 4.74 Å². The molecule has 2 nitrogen and oxygen atoms in total. The highest BCUT2D eigenvalue weighted by Gasteiger charge is 2.31. The lowest BCUT2D eigenvalue weighted by atomic mass is 9.82. The van der Waals surface area contributed by atoms with Crippen molar-refractivity contribution in [2.45, 2.75) is 25.9 Å². The van der Waals surface area contributed by atoms with Crippen molar-refractivity contribution in [3.63, 3.8) is 0 Å². The third kappa shape index (κ3) is 1.59. The van der Waals surface area contributed by atoms with E-state index >= 15 is 0 Å². The van der Waals surface area contributed by atoms with Gasteiger partial charge in [-0.3, -0.25) is 4.79 Å². The number of ether oxygens (including phenoxy) is 1. The van der Waals surface area contributed by atoms with Gasteiger partial charge >= 0.3 is 0 Å². The summed E-state index contributed by atoms with van der Waals surface area (Å²) >= 11 is 0. The van der Waals surface area contributed by atoms with E-state index in [0.29, 0.717) is 6.61 Å². The van der Waals surface area contributed by atoms with E-state index in [2.05, 4.69) is 12.2 Å². The van der Waals surface area contributed by atoms with Crippen LogP contribution in [0.5, 0.6) is 0 Å². The molecule has 2 rings (SSSR count). The highest BCUT2D eigenvalue weighted by Crippen LogP contribution is 2.30. The molecule has 0 N–H and O–H groups in total. The van der Waals surface area contributed by atoms with E-state index in [9.17, 15) is 4.79 Å². The maximum absolute atomic E-state index is 11.3. The van der Waals surface area contributed by atoms with Crippen molar-refractivity contribution < 1.29 is 9.53 Å². The number of ketones is 1. The molecule has 2 atom stereocenters. The van der Waals surface area contributed by atoms with Crippen molar-refractivity contribution in [1.29, 1.82) is 0 Å². The Balaban J connectivity index is 2.24. The lowest BCUT2D eigenvalue weighted by Gasteiger charge is -2.31. The predicted molar refractivity (Wildman–Crippen MR) is 50.4 cm³/mol. The molecule has 70 valence electrons. The minimum atomic E-state index is 0.0382. The first-order valence-corrected chi connectivity index (χ1v) is 4.77. The number of allylic oxidation sites excluding steroid dienone is 1. The third-order valence-electron chi connectivity index (χ3n) is 2.76. The van der Waals surface area contributed by atoms with Crippen molar-refractivity contribution in [3.8, 4) is 0 Å². The average molecular weight is 178 g/mol. The van der Waals surface area contributed by atoms with Gasteiger partial charge in [0.1, 0.15) is 5.78 Å². The SMILES string of the molecule is CC(=O)[C@H]1CCC=C2C=CCO[C@H]21. The number of fused-ring (bicyclic) bond motifs is 1. The van der Waals surface area contributed by atoms with Gasteiger partial charge in [-0.25, -0.2) is 0 Å². The Bertz CT molecular complexity index is 276. The van der Waals surface area contributed by atoms with Gasteiger partial charge in [0.2, 0.25) is 0 Å². The summed E-state index contributed by atoms with van der Waals surface area (Å²) < 4.78 is 5.58. The zero-order valence-electron chi connectivity index (χ0n) is 7.82. The molecule has 0 aromatic heterocycles. The van der Waals surface area contributed by atoms with E-state index < -0.39 is 0 Å². The molecule has 1 heterocycles. The lowest BCUT2D eigenvalue weighted by Crippen LogP contribution is -2.34. The summed E-state index contributed by atoms with van der Waals surface area (Å²) in [5, 5.41) is 0. The first-order valence-electron chi connectivity index (χ1n) is 4.77. The summed E-state index contributed by atoms with van der Waals surface area (Å²) in [5.41, 5.74) is 1.19. The Morgan fingerprint density at radius 2 is 2.46 bits per heavy atom. The number of carbonyl (C=O) groups excluding carboxylic acids is 1. The summed E-state index contributed by atoms with van der Waals surface area (Å²) in [4.78, 5) is 11.3. The van der Waals surface area contributed by atoms with E-state index in [4.69, 9.17) is 4.74 Å². The molecule has 0 amide bonds. The molecule has 0 unspecified atom stereocenters. The molecular formula is C11H14O2. The van der Waals surface area contributed by atoms with Gasteiger partial charge in [-0.1, -0.05) is 18.2 Å². The van der Waals surface area contributed by atoms with Crippen molar-refractivity contribution in [1.82, 2.24) is 0 Å². The number of rotatable bonds is 1. The molecule has 0 saturated carbocycles. The summed E-state index contributed by atoms with van der Waals surface area (Å²) in [7, 11) is 0. The molecule has 0 aromatic rings. The molecule has 0 spiro atoms. The maximum atomic E-state index is 11.3. The molecule has 0 bridgehead atoms. The maximum Gasteiger partial charge on any atom is 0.135 e. The molecule has 0 aromatic carbocycles. The lowest BCUT2D eigenvalue weighted by molar-refractivity contribution is -0.125. The third-order valence-corrected chi connectivity index (χ3v) is 2.76. The van der Waals surface area contributed by atoms with E-state index in [-0.39, 0.29) is 17.8 Å². The summed E-state index contributed by atoms with van der Waals surface area (Å²) in [6.45, 7) is 2.31. The topological polar surface area (TPSA) is 26.3 Å². The van der Waals surface area contributed by atoms with Gasteiger partial charge in [0.15, 0.2) is 0 Å². The van der Waals surface area contributed by atoms with Crippen LogP contribution in [0.15, 0.2) is 23.8 Å². The second-order valence-corrected chi connectivity index (χ2v) is 3.65. The normalized spacial score (nSPS) is 32.2. The van der Waals surface area contributed by atoms with E-state index in [0.717, 1.165) is 12.8 Å². The fourth-order valence-corrected chi connectivity index (χ4v) is 2.06. The van der Waals surface area contributed by atoms with Crippen LogP contribution in [0.25, 0.3) is 0 Å². The summed E-state index contributed by atoms with van der Waals surface area (Å²) in [5.74, 6) is 0.343. The van der Waals surface area contributed by atoms with E-state index in [1.165, 1.54) is 5.57 Å². The van der Waals surface area contributed by atoms with Crippen LogP contribution in [0.1, 0.15) is 19.8 Å². The minimum Gasteiger partial charge on any atom is -0.369 e. The van der Waals surface area contributed by atoms with Gasteiger partial charge in [-0.15, -0.1) is 0 Å². The van der Waals surface area contributed by atoms with Crippen molar-refractivity contribution in [3.05, 3.63) is 23.8 Å². The summed E-state index contributed by atoms with van der Waals surface area (Å²) in [6, 6.07) is 0. The number of carbonyl (C=O) groups is 1. The number of Topliss-reactive ketones (excluding diaryl/α,β-unsaturated/α-hetero) is 1. The Kier molecular flexibility index (Phi) is 2.32. The molecule has 0 saturated heterocycles. The van der Waals surface area contributed by atoms with Crippen LogP contribution in [-0.4, -0.2) is 18.5 Å². The van der Waals surface area contributed by atoms with Crippen molar-refractivity contribution >= 4 is 5.78 Å². The zero-order valence-corrected chi connectivity index (χ0v) is 7.82. The highest BCUT2D eigenvalue weighted by molar-refractivity contribution is 5.79. The van der Waals surface area contributed by atoms with Gasteiger partial charge in [0.25, 0.3) is 0 Å². The second kappa shape index (κ2) is 3.46. The molecule has 2 aliphatic rings. The van der Waals surface area contributed by atoms with Crippen LogP contribution < -0.4 is 0 Å². The minimum absolute atomic E-state index is 0.0382. The molecule has 2 heteroatoms. The monoisotopic (exact) mass is 178 g/mol. The zero-order chi connectivity index (χ0) is 9.26. The molecule has 0 fully saturated rings. The highest BCUT2D eigenvalue weighted by atomic mass is 16.5. The standard InChI is InChI=1S/C11H14O2/c1-8(12)10-6-2-4-9-5-3-7-13-11(9)10/h3-5,10-11H,2,6-7H2,1H3/t10-,11-/m1/s1. The summed E-state index contributed by atoms with van der Waals surface area (Å²) in [6.07, 6.45) is 8.26. The van der Waals surface area contributed by atoms with Gasteiger partial charge in [-0.2, -0.15) is 0 Å². The second-order valence-electron chi connectivity index (χ2n) is 3.65.